The van der Waals surface area contributed by atoms with E-state index in [0.29, 0.717) is 36.3 Å². The number of nitrogens with zero attached hydrogens (tertiary/aromatic N) is 1. The lowest BCUT2D eigenvalue weighted by molar-refractivity contribution is 0.0914. The molecule has 4 nitrogen and oxygen atoms in total. The number of rotatable bonds is 4. The van der Waals surface area contributed by atoms with Crippen LogP contribution in [0.15, 0.2) is 41.1 Å². The maximum absolute atomic E-state index is 13.8. The van der Waals surface area contributed by atoms with Crippen molar-refractivity contribution in [2.75, 3.05) is 13.1 Å². The van der Waals surface area contributed by atoms with Crippen LogP contribution in [0.1, 0.15) is 23.0 Å². The average Bonchev–Trinajstić information content (AvgIpc) is 3.27. The molecule has 4 rings (SSSR count). The van der Waals surface area contributed by atoms with Crippen LogP contribution >= 0.6 is 11.3 Å². The molecule has 0 spiro atoms. The molecule has 2 aromatic heterocycles. The highest BCUT2D eigenvalue weighted by atomic mass is 32.1. The Morgan fingerprint density at radius 2 is 2.04 bits per heavy atom. The summed E-state index contributed by atoms with van der Waals surface area (Å²) in [6.07, 6.45) is 0.705. The largest absolute Gasteiger partial charge is 0.349 e. The quantitative estimate of drug-likeness (QED) is 0.731. The van der Waals surface area contributed by atoms with Gasteiger partial charge in [-0.2, -0.15) is 11.3 Å². The first-order valence-corrected chi connectivity index (χ1v) is 9.26. The van der Waals surface area contributed by atoms with Gasteiger partial charge < -0.3 is 15.6 Å². The third-order valence-corrected chi connectivity index (χ3v) is 5.34. The van der Waals surface area contributed by atoms with Crippen LogP contribution in [0.25, 0.3) is 22.4 Å². The van der Waals surface area contributed by atoms with Crippen molar-refractivity contribution in [2.45, 2.75) is 12.5 Å². The van der Waals surface area contributed by atoms with E-state index in [0.717, 1.165) is 17.3 Å². The Morgan fingerprint density at radius 3 is 2.73 bits per heavy atom. The van der Waals surface area contributed by atoms with Crippen molar-refractivity contribution < 1.29 is 13.6 Å². The molecule has 134 valence electrons. The molecule has 0 saturated carbocycles. The Balaban J connectivity index is 1.99. The molecule has 1 aliphatic rings. The number of hydrogen-bond acceptors (Lipinski definition) is 3. The number of thiophene rings is 1. The van der Waals surface area contributed by atoms with Gasteiger partial charge in [-0.25, -0.2) is 8.78 Å². The predicted molar refractivity (Wildman–Crippen MR) is 98.1 cm³/mol. The first-order chi connectivity index (χ1) is 12.6. The van der Waals surface area contributed by atoms with Crippen molar-refractivity contribution in [3.05, 3.63) is 58.4 Å². The van der Waals surface area contributed by atoms with Crippen molar-refractivity contribution in [1.29, 1.82) is 0 Å². The van der Waals surface area contributed by atoms with E-state index in [4.69, 9.17) is 5.73 Å². The minimum absolute atomic E-state index is 0.0154. The molecule has 3 heterocycles. The number of nitrogens with two attached hydrogens (primary N) is 1. The number of fused-ring (bicyclic) bond motifs is 1. The number of benzene rings is 1. The summed E-state index contributed by atoms with van der Waals surface area (Å²) in [5.41, 5.74) is 9.28. The van der Waals surface area contributed by atoms with Gasteiger partial charge in [-0.3, -0.25) is 4.79 Å². The third-order valence-electron chi connectivity index (χ3n) is 4.66. The van der Waals surface area contributed by atoms with E-state index < -0.39 is 11.6 Å². The zero-order valence-electron chi connectivity index (χ0n) is 13.8. The molecule has 0 bridgehead atoms. The first kappa shape index (κ1) is 16.9. The topological polar surface area (TPSA) is 60.0 Å². The molecule has 3 aromatic rings. The van der Waals surface area contributed by atoms with Crippen LogP contribution in [0.3, 0.4) is 0 Å². The normalized spacial score (nSPS) is 16.4. The molecular formula is C19H17F2N3OS. The molecular weight excluding hydrogens is 356 g/mol. The zero-order valence-corrected chi connectivity index (χ0v) is 14.7. The number of hydrogen-bond donors (Lipinski definition) is 2. The molecule has 0 radical (unpaired) electrons. The van der Waals surface area contributed by atoms with E-state index in [1.807, 2.05) is 21.4 Å². The molecule has 7 heteroatoms. The van der Waals surface area contributed by atoms with Gasteiger partial charge in [-0.15, -0.1) is 0 Å². The highest BCUT2D eigenvalue weighted by Gasteiger charge is 2.30. The fourth-order valence-corrected chi connectivity index (χ4v) is 4.11. The smallest absolute Gasteiger partial charge is 0.268 e. The van der Waals surface area contributed by atoms with Crippen LogP contribution in [0.2, 0.25) is 0 Å². The molecule has 1 aliphatic heterocycles. The average molecular weight is 373 g/mol. The maximum Gasteiger partial charge on any atom is 0.268 e. The second-order valence-corrected chi connectivity index (χ2v) is 7.02. The molecule has 1 unspecified atom stereocenters. The van der Waals surface area contributed by atoms with Crippen LogP contribution in [0.5, 0.6) is 0 Å². The minimum atomic E-state index is -0.911. The molecule has 26 heavy (non-hydrogen) atoms. The molecule has 0 fully saturated rings. The Bertz CT molecular complexity index is 966. The molecule has 1 amide bonds. The van der Waals surface area contributed by atoms with Gasteiger partial charge in [-0.1, -0.05) is 6.07 Å². The van der Waals surface area contributed by atoms with Gasteiger partial charge in [0.15, 0.2) is 11.6 Å². The summed E-state index contributed by atoms with van der Waals surface area (Å²) in [5.74, 6) is -1.98. The van der Waals surface area contributed by atoms with Crippen LogP contribution < -0.4 is 11.1 Å². The Labute approximate surface area is 153 Å². The number of carbonyl (C=O) groups is 1. The van der Waals surface area contributed by atoms with Crippen molar-refractivity contribution in [3.63, 3.8) is 0 Å². The van der Waals surface area contributed by atoms with E-state index in [1.165, 1.54) is 12.1 Å². The Kier molecular flexibility index (Phi) is 4.34. The number of halogens is 2. The van der Waals surface area contributed by atoms with E-state index in [9.17, 15) is 13.6 Å². The molecule has 0 aliphatic carbocycles. The molecule has 1 atom stereocenters. The number of amides is 1. The fourth-order valence-electron chi connectivity index (χ4n) is 3.47. The highest BCUT2D eigenvalue weighted by Crippen LogP contribution is 2.40. The van der Waals surface area contributed by atoms with Gasteiger partial charge in [0.2, 0.25) is 0 Å². The minimum Gasteiger partial charge on any atom is -0.349 e. The lowest BCUT2D eigenvalue weighted by Gasteiger charge is -2.28. The lowest BCUT2D eigenvalue weighted by Crippen LogP contribution is -2.39. The standard InChI is InChI=1S/C19H17F2N3OS/c20-15-2-1-11(7-16(15)21)14-8-17-19(25)23-9-13(3-5-22)24(17)18(14)12-4-6-26-10-12/h1-2,4,6-8,10,13H,3,5,9,22H2,(H,23,25). The predicted octanol–water partition coefficient (Wildman–Crippen LogP) is 3.80. The van der Waals surface area contributed by atoms with Crippen LogP contribution in [-0.2, 0) is 0 Å². The van der Waals surface area contributed by atoms with Crippen molar-refractivity contribution in [3.8, 4) is 22.4 Å². The van der Waals surface area contributed by atoms with E-state index in [-0.39, 0.29) is 11.9 Å². The van der Waals surface area contributed by atoms with Crippen molar-refractivity contribution >= 4 is 17.2 Å². The summed E-state index contributed by atoms with van der Waals surface area (Å²) in [5, 5.41) is 6.82. The summed E-state index contributed by atoms with van der Waals surface area (Å²) in [7, 11) is 0. The summed E-state index contributed by atoms with van der Waals surface area (Å²) in [6, 6.07) is 7.53. The highest BCUT2D eigenvalue weighted by molar-refractivity contribution is 7.08. The SMILES string of the molecule is NCCC1CNC(=O)c2cc(-c3ccc(F)c(F)c3)c(-c3ccsc3)n21. The van der Waals surface area contributed by atoms with Crippen molar-refractivity contribution in [1.82, 2.24) is 9.88 Å². The summed E-state index contributed by atoms with van der Waals surface area (Å²) < 4.78 is 29.2. The number of nitrogens with one attached hydrogen (secondary N) is 1. The molecule has 0 saturated heterocycles. The Morgan fingerprint density at radius 1 is 1.19 bits per heavy atom. The summed E-state index contributed by atoms with van der Waals surface area (Å²) >= 11 is 1.54. The maximum atomic E-state index is 13.8. The van der Waals surface area contributed by atoms with Gasteiger partial charge in [0, 0.05) is 23.1 Å². The van der Waals surface area contributed by atoms with E-state index >= 15 is 0 Å². The van der Waals surface area contributed by atoms with Gasteiger partial charge in [0.1, 0.15) is 5.69 Å². The second-order valence-electron chi connectivity index (χ2n) is 6.24. The number of carbonyl (C=O) groups excluding carboxylic acids is 1. The number of aromatic nitrogens is 1. The fraction of sp³-hybridized carbons (Fsp3) is 0.211. The summed E-state index contributed by atoms with van der Waals surface area (Å²) in [6.45, 7) is 0.980. The van der Waals surface area contributed by atoms with E-state index in [2.05, 4.69) is 5.32 Å². The lowest BCUT2D eigenvalue weighted by atomic mass is 10.0. The monoisotopic (exact) mass is 373 g/mol. The molecule has 3 N–H and O–H groups in total. The van der Waals surface area contributed by atoms with Crippen LogP contribution in [0.4, 0.5) is 8.78 Å². The van der Waals surface area contributed by atoms with Gasteiger partial charge in [0.25, 0.3) is 5.91 Å². The third kappa shape index (κ3) is 2.73. The van der Waals surface area contributed by atoms with Gasteiger partial charge in [-0.05, 0) is 48.2 Å². The van der Waals surface area contributed by atoms with Crippen LogP contribution in [-0.4, -0.2) is 23.6 Å². The zero-order chi connectivity index (χ0) is 18.3. The van der Waals surface area contributed by atoms with Gasteiger partial charge >= 0.3 is 0 Å². The van der Waals surface area contributed by atoms with E-state index in [1.54, 1.807) is 17.4 Å². The molecule has 1 aromatic carbocycles. The second kappa shape index (κ2) is 6.66. The van der Waals surface area contributed by atoms with Crippen molar-refractivity contribution in [2.24, 2.45) is 5.73 Å². The van der Waals surface area contributed by atoms with Gasteiger partial charge in [0.05, 0.1) is 11.7 Å². The Hall–Kier alpha value is -2.51. The first-order valence-electron chi connectivity index (χ1n) is 8.31. The van der Waals surface area contributed by atoms with Crippen LogP contribution in [0, 0.1) is 11.6 Å². The summed E-state index contributed by atoms with van der Waals surface area (Å²) in [4.78, 5) is 12.4.